The summed E-state index contributed by atoms with van der Waals surface area (Å²) in [6, 6.07) is 6.95. The number of esters is 1. The number of carbonyl (C=O) groups is 2. The van der Waals surface area contributed by atoms with Crippen LogP contribution in [0.5, 0.6) is 0 Å². The van der Waals surface area contributed by atoms with Crippen molar-refractivity contribution in [1.29, 1.82) is 0 Å². The normalized spacial score (nSPS) is 13.8. The molecule has 0 saturated carbocycles. The van der Waals surface area contributed by atoms with Crippen molar-refractivity contribution in [3.05, 3.63) is 50.1 Å². The Kier molecular flexibility index (Phi) is 7.55. The van der Waals surface area contributed by atoms with Crippen molar-refractivity contribution in [2.75, 3.05) is 6.61 Å². The summed E-state index contributed by atoms with van der Waals surface area (Å²) in [6.07, 6.45) is -1.38. The van der Waals surface area contributed by atoms with Crippen LogP contribution < -0.4 is 4.72 Å². The number of thiophene rings is 1. The van der Waals surface area contributed by atoms with Gasteiger partial charge in [0.15, 0.2) is 6.61 Å². The second kappa shape index (κ2) is 9.26. The third-order valence-corrected chi connectivity index (χ3v) is 6.71. The summed E-state index contributed by atoms with van der Waals surface area (Å²) >= 11 is 10.1. The van der Waals surface area contributed by atoms with E-state index in [0.717, 1.165) is 3.79 Å². The van der Waals surface area contributed by atoms with Crippen LogP contribution in [0.15, 0.2) is 45.1 Å². The highest BCUT2D eigenvalue weighted by Gasteiger charge is 2.31. The van der Waals surface area contributed by atoms with Gasteiger partial charge in [0.1, 0.15) is 6.04 Å². The van der Waals surface area contributed by atoms with Crippen LogP contribution in [0.1, 0.15) is 16.6 Å². The molecule has 0 fully saturated rings. The number of ether oxygens (including phenoxy) is 1. The summed E-state index contributed by atoms with van der Waals surface area (Å²) < 4.78 is 32.5. The van der Waals surface area contributed by atoms with E-state index in [-0.39, 0.29) is 4.90 Å². The molecule has 2 atom stereocenters. The number of ketones is 1. The third-order valence-electron chi connectivity index (χ3n) is 3.34. The highest BCUT2D eigenvalue weighted by Crippen LogP contribution is 2.22. The second-order valence-electron chi connectivity index (χ2n) is 5.43. The molecule has 0 aliphatic carbocycles. The second-order valence-corrected chi connectivity index (χ2v) is 10.0. The smallest absolute Gasteiger partial charge is 0.327 e. The highest BCUT2D eigenvalue weighted by molar-refractivity contribution is 9.11. The van der Waals surface area contributed by atoms with Crippen LogP contribution in [-0.4, -0.2) is 44.0 Å². The van der Waals surface area contributed by atoms with Crippen LogP contribution in [0.2, 0.25) is 5.02 Å². The molecule has 146 valence electrons. The van der Waals surface area contributed by atoms with Gasteiger partial charge in [-0.05, 0) is 59.3 Å². The van der Waals surface area contributed by atoms with Crippen molar-refractivity contribution in [2.45, 2.75) is 24.0 Å². The van der Waals surface area contributed by atoms with Gasteiger partial charge >= 0.3 is 5.97 Å². The first-order valence-electron chi connectivity index (χ1n) is 7.51. The highest BCUT2D eigenvalue weighted by atomic mass is 79.9. The Bertz CT molecular complexity index is 927. The van der Waals surface area contributed by atoms with Gasteiger partial charge in [-0.1, -0.05) is 11.6 Å². The Labute approximate surface area is 173 Å². The number of benzene rings is 1. The lowest BCUT2D eigenvalue weighted by Gasteiger charge is -2.19. The van der Waals surface area contributed by atoms with Gasteiger partial charge in [0.25, 0.3) is 0 Å². The van der Waals surface area contributed by atoms with Crippen molar-refractivity contribution >= 4 is 60.6 Å². The Morgan fingerprint density at radius 1 is 1.26 bits per heavy atom. The van der Waals surface area contributed by atoms with Gasteiger partial charge in [-0.15, -0.1) is 11.3 Å². The van der Waals surface area contributed by atoms with Gasteiger partial charge in [0, 0.05) is 5.02 Å². The largest absolute Gasteiger partial charge is 0.456 e. The molecule has 2 rings (SSSR count). The van der Waals surface area contributed by atoms with Crippen LogP contribution in [0.3, 0.4) is 0 Å². The first-order chi connectivity index (χ1) is 12.6. The topological polar surface area (TPSA) is 110 Å². The molecule has 0 saturated heterocycles. The predicted octanol–water partition coefficient (Wildman–Crippen LogP) is 2.62. The fraction of sp³-hybridized carbons (Fsp3) is 0.250. The van der Waals surface area contributed by atoms with Gasteiger partial charge < -0.3 is 9.84 Å². The number of aliphatic hydroxyl groups excluding tert-OH is 1. The van der Waals surface area contributed by atoms with Crippen molar-refractivity contribution in [3.63, 3.8) is 0 Å². The van der Waals surface area contributed by atoms with E-state index in [0.29, 0.717) is 9.90 Å². The lowest BCUT2D eigenvalue weighted by Crippen LogP contribution is -2.48. The van der Waals surface area contributed by atoms with Crippen molar-refractivity contribution in [1.82, 2.24) is 4.72 Å². The van der Waals surface area contributed by atoms with Gasteiger partial charge in [0.05, 0.1) is 19.7 Å². The number of hydrogen-bond donors (Lipinski definition) is 2. The lowest BCUT2D eigenvalue weighted by atomic mass is 10.2. The monoisotopic (exact) mass is 495 g/mol. The maximum absolute atomic E-state index is 12.4. The van der Waals surface area contributed by atoms with Gasteiger partial charge in [-0.25, -0.2) is 8.42 Å². The first-order valence-corrected chi connectivity index (χ1v) is 11.0. The van der Waals surface area contributed by atoms with Crippen molar-refractivity contribution in [2.24, 2.45) is 0 Å². The maximum Gasteiger partial charge on any atom is 0.327 e. The first kappa shape index (κ1) is 22.0. The van der Waals surface area contributed by atoms with Gasteiger partial charge in [-0.3, -0.25) is 9.59 Å². The molecule has 0 spiro atoms. The fourth-order valence-electron chi connectivity index (χ4n) is 1.95. The number of rotatable bonds is 8. The summed E-state index contributed by atoms with van der Waals surface area (Å²) in [5.74, 6) is -1.50. The molecule has 0 aliphatic rings. The molecule has 0 unspecified atom stereocenters. The van der Waals surface area contributed by atoms with Crippen LogP contribution in [0.25, 0.3) is 0 Å². The lowest BCUT2D eigenvalue weighted by molar-refractivity contribution is -0.147. The Morgan fingerprint density at radius 3 is 2.41 bits per heavy atom. The van der Waals surface area contributed by atoms with E-state index in [1.165, 1.54) is 42.5 Å². The van der Waals surface area contributed by atoms with Gasteiger partial charge in [-0.2, -0.15) is 4.72 Å². The van der Waals surface area contributed by atoms with E-state index in [1.54, 1.807) is 12.1 Å². The van der Waals surface area contributed by atoms with Crippen LogP contribution >= 0.6 is 38.9 Å². The van der Waals surface area contributed by atoms with E-state index in [9.17, 15) is 23.1 Å². The summed E-state index contributed by atoms with van der Waals surface area (Å²) in [6.45, 7) is 0.659. The Morgan fingerprint density at radius 2 is 1.89 bits per heavy atom. The van der Waals surface area contributed by atoms with Gasteiger partial charge in [0.2, 0.25) is 15.8 Å². The Hall–Kier alpha value is -1.30. The zero-order valence-corrected chi connectivity index (χ0v) is 17.9. The quantitative estimate of drug-likeness (QED) is 0.429. The molecule has 27 heavy (non-hydrogen) atoms. The van der Waals surface area contributed by atoms with Crippen LogP contribution in [0, 0.1) is 0 Å². The molecular formula is C16H15BrClNO6S2. The molecule has 1 aromatic carbocycles. The van der Waals surface area contributed by atoms with E-state index in [2.05, 4.69) is 20.7 Å². The van der Waals surface area contributed by atoms with Crippen LogP contribution in [0.4, 0.5) is 0 Å². The van der Waals surface area contributed by atoms with E-state index in [1.807, 2.05) is 0 Å². The number of carbonyl (C=O) groups excluding carboxylic acids is 2. The minimum absolute atomic E-state index is 0.134. The number of sulfonamides is 1. The summed E-state index contributed by atoms with van der Waals surface area (Å²) in [5.41, 5.74) is 0. The molecule has 0 aliphatic heterocycles. The number of aliphatic hydroxyl groups is 1. The summed E-state index contributed by atoms with van der Waals surface area (Å²) in [7, 11) is -4.11. The van der Waals surface area contributed by atoms with E-state index >= 15 is 0 Å². The zero-order valence-electron chi connectivity index (χ0n) is 13.9. The molecule has 7 nitrogen and oxygen atoms in total. The molecule has 1 aromatic heterocycles. The molecule has 0 amide bonds. The standard InChI is InChI=1S/C16H15BrClNO6S2/c1-9(20)15(19-27(23,24)11-4-2-10(18)3-5-11)16(22)25-8-12(21)13-6-7-14(17)26-13/h2-7,9,15,19-20H,8H2,1H3/t9-,15-/m0/s1. The molecule has 11 heteroatoms. The average molecular weight is 497 g/mol. The van der Waals surface area contributed by atoms with Crippen molar-refractivity contribution in [3.8, 4) is 0 Å². The molecule has 2 aromatic rings. The number of nitrogens with one attached hydrogen (secondary N) is 1. The number of halogens is 2. The molecule has 2 N–H and O–H groups in total. The predicted molar refractivity (Wildman–Crippen MR) is 105 cm³/mol. The van der Waals surface area contributed by atoms with Crippen LogP contribution in [-0.2, 0) is 19.6 Å². The third kappa shape index (κ3) is 6.09. The zero-order chi connectivity index (χ0) is 20.2. The van der Waals surface area contributed by atoms with Crippen molar-refractivity contribution < 1.29 is 27.9 Å². The maximum atomic E-state index is 12.4. The van der Waals surface area contributed by atoms with E-state index in [4.69, 9.17) is 16.3 Å². The fourth-order valence-corrected chi connectivity index (χ4v) is 4.65. The summed E-state index contributed by atoms with van der Waals surface area (Å²) in [5, 5.41) is 10.1. The minimum atomic E-state index is -4.11. The minimum Gasteiger partial charge on any atom is -0.456 e. The molecule has 0 radical (unpaired) electrons. The van der Waals surface area contributed by atoms with E-state index < -0.39 is 40.5 Å². The average Bonchev–Trinajstić information content (AvgIpc) is 3.04. The molecular weight excluding hydrogens is 482 g/mol. The molecule has 0 bridgehead atoms. The number of hydrogen-bond acceptors (Lipinski definition) is 7. The SMILES string of the molecule is C[C@H](O)[C@H](NS(=O)(=O)c1ccc(Cl)cc1)C(=O)OCC(=O)c1ccc(Br)s1. The summed E-state index contributed by atoms with van der Waals surface area (Å²) in [4.78, 5) is 24.4. The molecule has 1 heterocycles. The Balaban J connectivity index is 2.06. The number of Topliss-reactive ketones (excluding diaryl/α,β-unsaturated/α-hetero) is 1.